The van der Waals surface area contributed by atoms with Gasteiger partial charge < -0.3 is 15.0 Å². The van der Waals surface area contributed by atoms with Crippen molar-refractivity contribution in [2.24, 2.45) is 5.92 Å². The van der Waals surface area contributed by atoms with Crippen LogP contribution in [0.15, 0.2) is 42.5 Å². The van der Waals surface area contributed by atoms with Crippen LogP contribution in [0.5, 0.6) is 0 Å². The Labute approximate surface area is 170 Å². The second-order valence-corrected chi connectivity index (χ2v) is 6.90. The first-order chi connectivity index (χ1) is 13.4. The zero-order valence-electron chi connectivity index (χ0n) is 14.5. The van der Waals surface area contributed by atoms with Gasteiger partial charge in [-0.15, -0.1) is 0 Å². The predicted octanol–water partition coefficient (Wildman–Crippen LogP) is 3.67. The van der Waals surface area contributed by atoms with E-state index in [9.17, 15) is 18.8 Å². The fourth-order valence-electron chi connectivity index (χ4n) is 2.81. The standard InChI is InChI=1S/C19H15Cl2FN2O4/c20-12-4-3-6-14(18(12)21)23-16(25)10-28-19(27)11-8-17(26)24(9-11)15-7-2-1-5-13(15)22/h1-7,11H,8-10H2,(H,23,25)/t11-/m0/s1. The SMILES string of the molecule is O=C(COC(=O)[C@H]1CC(=O)N(c2ccccc2F)C1)Nc1cccc(Cl)c1Cl. The van der Waals surface area contributed by atoms with Crippen molar-refractivity contribution in [1.82, 2.24) is 0 Å². The summed E-state index contributed by atoms with van der Waals surface area (Å²) < 4.78 is 18.9. The molecule has 1 atom stereocenters. The van der Waals surface area contributed by atoms with Gasteiger partial charge in [0.1, 0.15) is 5.82 Å². The molecule has 2 aromatic carbocycles. The Balaban J connectivity index is 1.55. The Morgan fingerprint density at radius 3 is 2.68 bits per heavy atom. The van der Waals surface area contributed by atoms with Crippen molar-refractivity contribution in [3.8, 4) is 0 Å². The minimum Gasteiger partial charge on any atom is -0.455 e. The Bertz CT molecular complexity index is 938. The van der Waals surface area contributed by atoms with E-state index in [0.717, 1.165) is 0 Å². The summed E-state index contributed by atoms with van der Waals surface area (Å²) in [6.45, 7) is -0.563. The fourth-order valence-corrected chi connectivity index (χ4v) is 3.16. The number of amides is 2. The molecule has 6 nitrogen and oxygen atoms in total. The van der Waals surface area contributed by atoms with E-state index in [0.29, 0.717) is 0 Å². The van der Waals surface area contributed by atoms with Crippen molar-refractivity contribution >= 4 is 52.4 Å². The van der Waals surface area contributed by atoms with E-state index in [2.05, 4.69) is 5.32 Å². The molecule has 1 aliphatic heterocycles. The van der Waals surface area contributed by atoms with E-state index in [1.807, 2.05) is 0 Å². The normalized spacial score (nSPS) is 16.2. The minimum absolute atomic E-state index is 0.0136. The van der Waals surface area contributed by atoms with Crippen molar-refractivity contribution < 1.29 is 23.5 Å². The molecule has 0 unspecified atom stereocenters. The Kier molecular flexibility index (Phi) is 6.16. The highest BCUT2D eigenvalue weighted by molar-refractivity contribution is 6.44. The van der Waals surface area contributed by atoms with Crippen LogP contribution in [0.25, 0.3) is 0 Å². The van der Waals surface area contributed by atoms with Crippen LogP contribution in [-0.2, 0) is 19.1 Å². The lowest BCUT2D eigenvalue weighted by Crippen LogP contribution is -2.28. The molecule has 0 saturated carbocycles. The summed E-state index contributed by atoms with van der Waals surface area (Å²) in [4.78, 5) is 37.5. The Morgan fingerprint density at radius 1 is 1.18 bits per heavy atom. The summed E-state index contributed by atoms with van der Waals surface area (Å²) in [5.74, 6) is -3.04. The third-order valence-corrected chi connectivity index (χ3v) is 4.99. The fraction of sp³-hybridized carbons (Fsp3) is 0.211. The van der Waals surface area contributed by atoms with Crippen molar-refractivity contribution in [2.45, 2.75) is 6.42 Å². The summed E-state index contributed by atoms with van der Waals surface area (Å²) in [6, 6.07) is 10.5. The maximum Gasteiger partial charge on any atom is 0.311 e. The summed E-state index contributed by atoms with van der Waals surface area (Å²) in [7, 11) is 0. The molecule has 1 aliphatic rings. The van der Waals surface area contributed by atoms with Crippen LogP contribution in [0.2, 0.25) is 10.0 Å². The van der Waals surface area contributed by atoms with Gasteiger partial charge >= 0.3 is 5.97 Å². The van der Waals surface area contributed by atoms with Gasteiger partial charge in [0.2, 0.25) is 5.91 Å². The number of hydrogen-bond acceptors (Lipinski definition) is 4. The minimum atomic E-state index is -0.783. The van der Waals surface area contributed by atoms with Crippen molar-refractivity contribution in [2.75, 3.05) is 23.4 Å². The number of carbonyl (C=O) groups is 3. The lowest BCUT2D eigenvalue weighted by Gasteiger charge is -2.17. The van der Waals surface area contributed by atoms with E-state index < -0.39 is 30.2 Å². The number of halogens is 3. The van der Waals surface area contributed by atoms with Crippen LogP contribution in [0.3, 0.4) is 0 Å². The molecule has 1 saturated heterocycles. The maximum atomic E-state index is 13.9. The molecule has 0 aromatic heterocycles. The third-order valence-electron chi connectivity index (χ3n) is 4.17. The Hall–Kier alpha value is -2.64. The van der Waals surface area contributed by atoms with Crippen LogP contribution in [0, 0.1) is 11.7 Å². The molecule has 0 bridgehead atoms. The molecule has 1 heterocycles. The van der Waals surface area contributed by atoms with Crippen LogP contribution in [0.1, 0.15) is 6.42 Å². The molecular weight excluding hydrogens is 410 g/mol. The van der Waals surface area contributed by atoms with Gasteiger partial charge in [0.15, 0.2) is 6.61 Å². The maximum absolute atomic E-state index is 13.9. The van der Waals surface area contributed by atoms with Crippen LogP contribution in [0.4, 0.5) is 15.8 Å². The molecule has 1 fully saturated rings. The highest BCUT2D eigenvalue weighted by Crippen LogP contribution is 2.30. The molecule has 2 amide bonds. The quantitative estimate of drug-likeness (QED) is 0.742. The summed E-state index contributed by atoms with van der Waals surface area (Å²) >= 11 is 11.8. The molecule has 146 valence electrons. The Morgan fingerprint density at radius 2 is 1.93 bits per heavy atom. The number of hydrogen-bond donors (Lipinski definition) is 1. The van der Waals surface area contributed by atoms with E-state index in [-0.39, 0.29) is 40.3 Å². The third kappa shape index (κ3) is 4.43. The number of nitrogens with one attached hydrogen (secondary N) is 1. The van der Waals surface area contributed by atoms with E-state index >= 15 is 0 Å². The molecule has 2 aromatic rings. The average molecular weight is 425 g/mol. The van der Waals surface area contributed by atoms with E-state index in [1.165, 1.54) is 23.1 Å². The van der Waals surface area contributed by atoms with Gasteiger partial charge in [-0.2, -0.15) is 0 Å². The summed E-state index contributed by atoms with van der Waals surface area (Å²) in [5.41, 5.74) is 0.396. The number of carbonyl (C=O) groups excluding carboxylic acids is 3. The number of ether oxygens (including phenoxy) is 1. The highest BCUT2D eigenvalue weighted by atomic mass is 35.5. The number of esters is 1. The second-order valence-electron chi connectivity index (χ2n) is 6.11. The first-order valence-electron chi connectivity index (χ1n) is 8.32. The number of rotatable bonds is 5. The van der Waals surface area contributed by atoms with Crippen LogP contribution >= 0.6 is 23.2 Å². The topological polar surface area (TPSA) is 75.7 Å². The van der Waals surface area contributed by atoms with Crippen molar-refractivity contribution in [3.63, 3.8) is 0 Å². The first kappa shape index (κ1) is 20.1. The van der Waals surface area contributed by atoms with Gasteiger partial charge in [-0.25, -0.2) is 4.39 Å². The van der Waals surface area contributed by atoms with Gasteiger partial charge in [-0.1, -0.05) is 41.4 Å². The van der Waals surface area contributed by atoms with Gasteiger partial charge in [0.25, 0.3) is 5.91 Å². The van der Waals surface area contributed by atoms with Crippen LogP contribution in [-0.4, -0.2) is 30.9 Å². The average Bonchev–Trinajstić information content (AvgIpc) is 3.05. The molecule has 0 radical (unpaired) electrons. The largest absolute Gasteiger partial charge is 0.455 e. The number of nitrogens with zero attached hydrogens (tertiary/aromatic N) is 1. The summed E-state index contributed by atoms with van der Waals surface area (Å²) in [5, 5.41) is 2.93. The van der Waals surface area contributed by atoms with Crippen molar-refractivity contribution in [1.29, 1.82) is 0 Å². The predicted molar refractivity (Wildman–Crippen MR) is 103 cm³/mol. The summed E-state index contributed by atoms with van der Waals surface area (Å²) in [6.07, 6.45) is -0.116. The number of anilines is 2. The second kappa shape index (κ2) is 8.58. The van der Waals surface area contributed by atoms with E-state index in [1.54, 1.807) is 24.3 Å². The smallest absolute Gasteiger partial charge is 0.311 e. The number of benzene rings is 2. The molecule has 3 rings (SSSR count). The highest BCUT2D eigenvalue weighted by Gasteiger charge is 2.37. The zero-order chi connectivity index (χ0) is 20.3. The molecule has 1 N–H and O–H groups in total. The lowest BCUT2D eigenvalue weighted by molar-refractivity contribution is -0.151. The zero-order valence-corrected chi connectivity index (χ0v) is 16.0. The molecule has 9 heteroatoms. The van der Waals surface area contributed by atoms with Gasteiger partial charge in [0.05, 0.1) is 27.3 Å². The molecule has 28 heavy (non-hydrogen) atoms. The first-order valence-corrected chi connectivity index (χ1v) is 9.08. The number of para-hydroxylation sites is 1. The molecular formula is C19H15Cl2FN2O4. The lowest BCUT2D eigenvalue weighted by atomic mass is 10.1. The monoisotopic (exact) mass is 424 g/mol. The van der Waals surface area contributed by atoms with Crippen molar-refractivity contribution in [3.05, 3.63) is 58.3 Å². The van der Waals surface area contributed by atoms with Gasteiger partial charge in [-0.05, 0) is 24.3 Å². The van der Waals surface area contributed by atoms with E-state index in [4.69, 9.17) is 27.9 Å². The molecule has 0 spiro atoms. The van der Waals surface area contributed by atoms with Crippen LogP contribution < -0.4 is 10.2 Å². The molecule has 0 aliphatic carbocycles. The van der Waals surface area contributed by atoms with Gasteiger partial charge in [0, 0.05) is 13.0 Å². The van der Waals surface area contributed by atoms with Gasteiger partial charge in [-0.3, -0.25) is 14.4 Å².